The number of likely N-dealkylation sites (tertiary alicyclic amines) is 1. The van der Waals surface area contributed by atoms with Crippen LogP contribution in [0.4, 0.5) is 0 Å². The van der Waals surface area contributed by atoms with Crippen LogP contribution in [-0.4, -0.2) is 68.1 Å². The monoisotopic (exact) mass is 379 g/mol. The van der Waals surface area contributed by atoms with Crippen molar-refractivity contribution in [2.75, 3.05) is 40.0 Å². The molecule has 0 bridgehead atoms. The number of ether oxygens (including phenoxy) is 2. The predicted molar refractivity (Wildman–Crippen MR) is 102 cm³/mol. The van der Waals surface area contributed by atoms with Gasteiger partial charge >= 0.3 is 0 Å². The summed E-state index contributed by atoms with van der Waals surface area (Å²) in [5.41, 5.74) is 1.83. The highest BCUT2D eigenvalue weighted by atomic mass is 16.5. The predicted octanol–water partition coefficient (Wildman–Crippen LogP) is 1.58. The first kappa shape index (κ1) is 20.3. The zero-order chi connectivity index (χ0) is 19.2. The summed E-state index contributed by atoms with van der Waals surface area (Å²) in [5.74, 6) is 1.41. The lowest BCUT2D eigenvalue weighted by Gasteiger charge is -2.26. The summed E-state index contributed by atoms with van der Waals surface area (Å²) in [6, 6.07) is 0.0158. The molecule has 0 saturated carbocycles. The molecule has 27 heavy (non-hydrogen) atoms. The lowest BCUT2D eigenvalue weighted by molar-refractivity contribution is -0.121. The molecule has 7 nitrogen and oxygen atoms in total. The van der Waals surface area contributed by atoms with E-state index in [1.165, 1.54) is 6.42 Å². The standard InChI is InChI=1S/C20H33N3O4/c1-4-16-15(18(5-2)27-22-16)9-20(24)21-17-11-23(12-19(17)25-3)10-14-7-6-8-26-13-14/h14,17,19H,4-13H2,1-3H3,(H,21,24)/t14?,17-,19-/m1/s1. The highest BCUT2D eigenvalue weighted by Crippen LogP contribution is 2.21. The van der Waals surface area contributed by atoms with Crippen molar-refractivity contribution in [1.82, 2.24) is 15.4 Å². The number of amides is 1. The first-order valence-corrected chi connectivity index (χ1v) is 10.2. The summed E-state index contributed by atoms with van der Waals surface area (Å²) >= 11 is 0. The van der Waals surface area contributed by atoms with E-state index < -0.39 is 0 Å². The molecule has 152 valence electrons. The Morgan fingerprint density at radius 1 is 1.33 bits per heavy atom. The summed E-state index contributed by atoms with van der Waals surface area (Å²) in [7, 11) is 1.72. The third kappa shape index (κ3) is 5.09. The van der Waals surface area contributed by atoms with Crippen molar-refractivity contribution < 1.29 is 18.8 Å². The molecule has 7 heteroatoms. The van der Waals surface area contributed by atoms with Gasteiger partial charge in [-0.05, 0) is 25.2 Å². The summed E-state index contributed by atoms with van der Waals surface area (Å²) in [5, 5.41) is 7.28. The molecule has 0 aliphatic carbocycles. The quantitative estimate of drug-likeness (QED) is 0.739. The number of nitrogens with zero attached hydrogens (tertiary/aromatic N) is 2. The molecule has 3 atom stereocenters. The Labute approximate surface area is 161 Å². The molecule has 3 heterocycles. The molecule has 0 radical (unpaired) electrons. The molecule has 1 amide bonds. The van der Waals surface area contributed by atoms with Gasteiger partial charge in [-0.15, -0.1) is 0 Å². The van der Waals surface area contributed by atoms with E-state index >= 15 is 0 Å². The third-order valence-electron chi connectivity index (χ3n) is 5.71. The molecular formula is C20H33N3O4. The SMILES string of the molecule is CCc1noc(CC)c1CC(=O)N[C@@H]1CN(CC2CCCOC2)C[C@H]1OC. The minimum absolute atomic E-state index is 0.0116. The van der Waals surface area contributed by atoms with Gasteiger partial charge in [-0.1, -0.05) is 19.0 Å². The second-order valence-electron chi connectivity index (χ2n) is 7.66. The van der Waals surface area contributed by atoms with Crippen LogP contribution >= 0.6 is 0 Å². The molecule has 3 rings (SSSR count). The molecule has 1 aromatic rings. The van der Waals surface area contributed by atoms with Crippen LogP contribution in [0.2, 0.25) is 0 Å². The Hall–Kier alpha value is -1.44. The van der Waals surface area contributed by atoms with Crippen molar-refractivity contribution in [3.63, 3.8) is 0 Å². The number of hydrogen-bond donors (Lipinski definition) is 1. The van der Waals surface area contributed by atoms with E-state index in [2.05, 4.69) is 15.4 Å². The number of aryl methyl sites for hydroxylation is 2. The fourth-order valence-corrected chi connectivity index (χ4v) is 4.25. The van der Waals surface area contributed by atoms with Gasteiger partial charge in [0.15, 0.2) is 0 Å². The van der Waals surface area contributed by atoms with Crippen molar-refractivity contribution in [1.29, 1.82) is 0 Å². The fraction of sp³-hybridized carbons (Fsp3) is 0.800. The van der Waals surface area contributed by atoms with Crippen molar-refractivity contribution in [3.8, 4) is 0 Å². The fourth-order valence-electron chi connectivity index (χ4n) is 4.25. The zero-order valence-electron chi connectivity index (χ0n) is 16.8. The molecule has 2 fully saturated rings. The number of methoxy groups -OCH3 is 1. The minimum Gasteiger partial charge on any atom is -0.381 e. The molecule has 2 aliphatic rings. The van der Waals surface area contributed by atoms with Gasteiger partial charge in [0, 0.05) is 45.3 Å². The average molecular weight is 380 g/mol. The Morgan fingerprint density at radius 2 is 2.19 bits per heavy atom. The second-order valence-corrected chi connectivity index (χ2v) is 7.66. The van der Waals surface area contributed by atoms with Gasteiger partial charge in [0.05, 0.1) is 30.9 Å². The minimum atomic E-state index is 0.0116. The number of carbonyl (C=O) groups excluding carboxylic acids is 1. The van der Waals surface area contributed by atoms with E-state index in [1.54, 1.807) is 7.11 Å². The van der Waals surface area contributed by atoms with E-state index in [4.69, 9.17) is 14.0 Å². The van der Waals surface area contributed by atoms with Crippen LogP contribution in [0.1, 0.15) is 43.7 Å². The number of nitrogens with one attached hydrogen (secondary N) is 1. The first-order chi connectivity index (χ1) is 13.1. The first-order valence-electron chi connectivity index (χ1n) is 10.2. The highest BCUT2D eigenvalue weighted by molar-refractivity contribution is 5.79. The zero-order valence-corrected chi connectivity index (χ0v) is 16.8. The van der Waals surface area contributed by atoms with E-state index in [-0.39, 0.29) is 18.1 Å². The molecule has 1 N–H and O–H groups in total. The molecule has 1 unspecified atom stereocenters. The molecule has 2 saturated heterocycles. The van der Waals surface area contributed by atoms with Gasteiger partial charge in [0.2, 0.25) is 5.91 Å². The number of hydrogen-bond acceptors (Lipinski definition) is 6. The number of rotatable bonds is 8. The van der Waals surface area contributed by atoms with Crippen LogP contribution in [0, 0.1) is 5.92 Å². The Kier molecular flexibility index (Phi) is 7.26. The normalized spacial score (nSPS) is 26.4. The lowest BCUT2D eigenvalue weighted by atomic mass is 10.0. The maximum absolute atomic E-state index is 12.7. The Morgan fingerprint density at radius 3 is 2.85 bits per heavy atom. The van der Waals surface area contributed by atoms with Gasteiger partial charge in [-0.25, -0.2) is 0 Å². The average Bonchev–Trinajstić information content (AvgIpc) is 3.25. The van der Waals surface area contributed by atoms with Crippen LogP contribution in [0.3, 0.4) is 0 Å². The highest BCUT2D eigenvalue weighted by Gasteiger charge is 2.35. The largest absolute Gasteiger partial charge is 0.381 e. The van der Waals surface area contributed by atoms with Crippen LogP contribution < -0.4 is 5.32 Å². The van der Waals surface area contributed by atoms with Crippen molar-refractivity contribution in [3.05, 3.63) is 17.0 Å². The van der Waals surface area contributed by atoms with E-state index in [1.807, 2.05) is 13.8 Å². The summed E-state index contributed by atoms with van der Waals surface area (Å²) in [4.78, 5) is 15.1. The van der Waals surface area contributed by atoms with Gasteiger partial charge in [0.25, 0.3) is 0 Å². The third-order valence-corrected chi connectivity index (χ3v) is 5.71. The number of carbonyl (C=O) groups is 1. The van der Waals surface area contributed by atoms with E-state index in [0.717, 1.165) is 69.1 Å². The van der Waals surface area contributed by atoms with Crippen LogP contribution in [0.5, 0.6) is 0 Å². The molecular weight excluding hydrogens is 346 g/mol. The van der Waals surface area contributed by atoms with Crippen molar-refractivity contribution in [2.45, 2.75) is 58.1 Å². The van der Waals surface area contributed by atoms with Gasteiger partial charge in [-0.2, -0.15) is 0 Å². The van der Waals surface area contributed by atoms with Gasteiger partial charge in [-0.3, -0.25) is 9.69 Å². The van der Waals surface area contributed by atoms with Crippen LogP contribution in [-0.2, 0) is 33.5 Å². The summed E-state index contributed by atoms with van der Waals surface area (Å²) < 4.78 is 16.6. The molecule has 2 aliphatic heterocycles. The summed E-state index contributed by atoms with van der Waals surface area (Å²) in [6.45, 7) is 8.47. The lowest BCUT2D eigenvalue weighted by Crippen LogP contribution is -2.44. The van der Waals surface area contributed by atoms with Gasteiger partial charge in [0.1, 0.15) is 5.76 Å². The van der Waals surface area contributed by atoms with Crippen LogP contribution in [0.25, 0.3) is 0 Å². The van der Waals surface area contributed by atoms with Crippen molar-refractivity contribution >= 4 is 5.91 Å². The Bertz CT molecular complexity index is 591. The second kappa shape index (κ2) is 9.66. The van der Waals surface area contributed by atoms with Crippen LogP contribution in [0.15, 0.2) is 4.52 Å². The Balaban J connectivity index is 1.55. The van der Waals surface area contributed by atoms with Gasteiger partial charge < -0.3 is 19.3 Å². The van der Waals surface area contributed by atoms with E-state index in [0.29, 0.717) is 12.3 Å². The maximum Gasteiger partial charge on any atom is 0.224 e. The number of aromatic nitrogens is 1. The maximum atomic E-state index is 12.7. The molecule has 1 aromatic heterocycles. The molecule has 0 aromatic carbocycles. The molecule has 0 spiro atoms. The topological polar surface area (TPSA) is 76.8 Å². The van der Waals surface area contributed by atoms with E-state index in [9.17, 15) is 4.79 Å². The smallest absolute Gasteiger partial charge is 0.224 e. The summed E-state index contributed by atoms with van der Waals surface area (Å²) in [6.07, 6.45) is 4.23. The van der Waals surface area contributed by atoms with Crippen molar-refractivity contribution in [2.24, 2.45) is 5.92 Å².